The van der Waals surface area contributed by atoms with Crippen LogP contribution in [0.3, 0.4) is 0 Å². The predicted octanol–water partition coefficient (Wildman–Crippen LogP) is 2.29. The highest BCUT2D eigenvalue weighted by molar-refractivity contribution is 5.75. The standard InChI is InChI=1S/C10H8F3NO2/c11-10(12,13)8-2-1-5(4-14-8)6-3-7(6)9(15)16/h1-2,4,6-7H,3H2,(H,15,16)/t6-,7+/m0/s1. The number of carbonyl (C=O) groups is 1. The molecule has 1 aliphatic carbocycles. The van der Waals surface area contributed by atoms with Gasteiger partial charge in [-0.2, -0.15) is 13.2 Å². The van der Waals surface area contributed by atoms with Gasteiger partial charge in [-0.25, -0.2) is 0 Å². The number of halogens is 3. The number of carboxylic acids is 1. The molecular weight excluding hydrogens is 223 g/mol. The van der Waals surface area contributed by atoms with Gasteiger partial charge in [-0.15, -0.1) is 0 Å². The summed E-state index contributed by atoms with van der Waals surface area (Å²) in [4.78, 5) is 13.9. The Morgan fingerprint density at radius 2 is 2.12 bits per heavy atom. The molecule has 0 spiro atoms. The van der Waals surface area contributed by atoms with Crippen molar-refractivity contribution in [1.29, 1.82) is 0 Å². The van der Waals surface area contributed by atoms with Gasteiger partial charge in [0.05, 0.1) is 5.92 Å². The summed E-state index contributed by atoms with van der Waals surface area (Å²) in [5.41, 5.74) is -0.399. The van der Waals surface area contributed by atoms with Gasteiger partial charge in [-0.3, -0.25) is 9.78 Å². The summed E-state index contributed by atoms with van der Waals surface area (Å²) in [6.45, 7) is 0. The minimum atomic E-state index is -4.45. The Balaban J connectivity index is 2.13. The fourth-order valence-electron chi connectivity index (χ4n) is 1.63. The van der Waals surface area contributed by atoms with E-state index in [0.29, 0.717) is 12.0 Å². The van der Waals surface area contributed by atoms with Gasteiger partial charge in [0.1, 0.15) is 5.69 Å². The smallest absolute Gasteiger partial charge is 0.433 e. The summed E-state index contributed by atoms with van der Waals surface area (Å²) in [7, 11) is 0. The number of rotatable bonds is 2. The Kier molecular flexibility index (Phi) is 2.36. The molecule has 0 saturated heterocycles. The molecule has 3 nitrogen and oxygen atoms in total. The van der Waals surface area contributed by atoms with Crippen LogP contribution in [0.1, 0.15) is 23.6 Å². The lowest BCUT2D eigenvalue weighted by atomic mass is 10.1. The van der Waals surface area contributed by atoms with Crippen molar-refractivity contribution in [3.63, 3.8) is 0 Å². The Hall–Kier alpha value is -1.59. The maximum atomic E-state index is 12.2. The summed E-state index contributed by atoms with van der Waals surface area (Å²) < 4.78 is 36.6. The van der Waals surface area contributed by atoms with Crippen LogP contribution in [0.25, 0.3) is 0 Å². The van der Waals surface area contributed by atoms with Crippen molar-refractivity contribution in [2.75, 3.05) is 0 Å². The second-order valence-corrected chi connectivity index (χ2v) is 3.76. The van der Waals surface area contributed by atoms with E-state index < -0.39 is 23.8 Å². The Morgan fingerprint density at radius 3 is 2.50 bits per heavy atom. The normalized spacial score (nSPS) is 24.2. The molecule has 1 aromatic rings. The van der Waals surface area contributed by atoms with Crippen molar-refractivity contribution >= 4 is 5.97 Å². The molecule has 6 heteroatoms. The SMILES string of the molecule is O=C(O)[C@@H]1C[C@H]1c1ccc(C(F)(F)F)nc1. The fourth-order valence-corrected chi connectivity index (χ4v) is 1.63. The average molecular weight is 231 g/mol. The highest BCUT2D eigenvalue weighted by Gasteiger charge is 2.44. The van der Waals surface area contributed by atoms with E-state index in [4.69, 9.17) is 5.11 Å². The first-order valence-electron chi connectivity index (χ1n) is 4.65. The lowest BCUT2D eigenvalue weighted by molar-refractivity contribution is -0.141. The zero-order chi connectivity index (χ0) is 11.9. The first kappa shape index (κ1) is 10.9. The molecule has 0 radical (unpaired) electrons. The van der Waals surface area contributed by atoms with Crippen molar-refractivity contribution in [3.8, 4) is 0 Å². The van der Waals surface area contributed by atoms with Crippen LogP contribution in [0, 0.1) is 5.92 Å². The number of nitrogens with zero attached hydrogens (tertiary/aromatic N) is 1. The number of hydrogen-bond acceptors (Lipinski definition) is 2. The van der Waals surface area contributed by atoms with Crippen LogP contribution >= 0.6 is 0 Å². The van der Waals surface area contributed by atoms with Crippen LogP contribution in [0.5, 0.6) is 0 Å². The van der Waals surface area contributed by atoms with E-state index in [0.717, 1.165) is 12.3 Å². The molecule has 86 valence electrons. The maximum Gasteiger partial charge on any atom is 0.433 e. The Morgan fingerprint density at radius 1 is 1.44 bits per heavy atom. The van der Waals surface area contributed by atoms with Crippen molar-refractivity contribution in [3.05, 3.63) is 29.6 Å². The summed E-state index contributed by atoms with van der Waals surface area (Å²) in [6, 6.07) is 2.18. The lowest BCUT2D eigenvalue weighted by Gasteiger charge is -2.05. The van der Waals surface area contributed by atoms with Crippen molar-refractivity contribution in [1.82, 2.24) is 4.98 Å². The molecule has 1 aliphatic rings. The second kappa shape index (κ2) is 3.47. The molecule has 1 N–H and O–H groups in total. The van der Waals surface area contributed by atoms with E-state index in [2.05, 4.69) is 4.98 Å². The summed E-state index contributed by atoms with van der Waals surface area (Å²) >= 11 is 0. The van der Waals surface area contributed by atoms with Crippen LogP contribution in [0.2, 0.25) is 0 Å². The van der Waals surface area contributed by atoms with E-state index in [-0.39, 0.29) is 5.92 Å². The number of aliphatic carboxylic acids is 1. The maximum absolute atomic E-state index is 12.2. The van der Waals surface area contributed by atoms with Crippen molar-refractivity contribution in [2.45, 2.75) is 18.5 Å². The minimum absolute atomic E-state index is 0.188. The number of carboxylic acid groups (broad SMARTS) is 1. The minimum Gasteiger partial charge on any atom is -0.481 e. The van der Waals surface area contributed by atoms with E-state index in [9.17, 15) is 18.0 Å². The molecule has 0 bridgehead atoms. The highest BCUT2D eigenvalue weighted by Crippen LogP contribution is 2.47. The van der Waals surface area contributed by atoms with Crippen LogP contribution in [0.15, 0.2) is 18.3 Å². The summed E-state index contributed by atoms with van der Waals surface area (Å²) in [6.07, 6.45) is -2.87. The molecular formula is C10H8F3NO2. The molecule has 16 heavy (non-hydrogen) atoms. The predicted molar refractivity (Wildman–Crippen MR) is 47.7 cm³/mol. The first-order valence-corrected chi connectivity index (χ1v) is 4.65. The van der Waals surface area contributed by atoms with Crippen LogP contribution in [-0.4, -0.2) is 16.1 Å². The zero-order valence-corrected chi connectivity index (χ0v) is 8.03. The first-order chi connectivity index (χ1) is 7.39. The third-order valence-electron chi connectivity index (χ3n) is 2.61. The zero-order valence-electron chi connectivity index (χ0n) is 8.03. The highest BCUT2D eigenvalue weighted by atomic mass is 19.4. The van der Waals surface area contributed by atoms with E-state index >= 15 is 0 Å². The van der Waals surface area contributed by atoms with Gasteiger partial charge < -0.3 is 5.11 Å². The van der Waals surface area contributed by atoms with Gasteiger partial charge in [0.2, 0.25) is 0 Å². The fraction of sp³-hybridized carbons (Fsp3) is 0.400. The molecule has 1 saturated carbocycles. The van der Waals surface area contributed by atoms with Gasteiger partial charge in [0.25, 0.3) is 0 Å². The summed E-state index contributed by atoms with van der Waals surface area (Å²) in [5.74, 6) is -1.57. The molecule has 2 rings (SSSR count). The molecule has 2 atom stereocenters. The topological polar surface area (TPSA) is 50.2 Å². The lowest BCUT2D eigenvalue weighted by Crippen LogP contribution is -2.07. The Labute approximate surface area is 88.9 Å². The van der Waals surface area contributed by atoms with E-state index in [1.165, 1.54) is 6.07 Å². The van der Waals surface area contributed by atoms with Gasteiger partial charge in [-0.1, -0.05) is 6.07 Å². The van der Waals surface area contributed by atoms with E-state index in [1.807, 2.05) is 0 Å². The molecule has 1 fully saturated rings. The quantitative estimate of drug-likeness (QED) is 0.849. The Bertz CT molecular complexity index is 413. The number of alkyl halides is 3. The van der Waals surface area contributed by atoms with Gasteiger partial charge in [0.15, 0.2) is 0 Å². The van der Waals surface area contributed by atoms with Crippen LogP contribution in [-0.2, 0) is 11.0 Å². The van der Waals surface area contributed by atoms with Gasteiger partial charge >= 0.3 is 12.1 Å². The summed E-state index contributed by atoms with van der Waals surface area (Å²) in [5, 5.41) is 8.67. The molecule has 1 aromatic heterocycles. The molecule has 0 aliphatic heterocycles. The molecule has 1 heterocycles. The monoisotopic (exact) mass is 231 g/mol. The van der Waals surface area contributed by atoms with Crippen molar-refractivity contribution < 1.29 is 23.1 Å². The van der Waals surface area contributed by atoms with Crippen LogP contribution in [0.4, 0.5) is 13.2 Å². The number of hydrogen-bond donors (Lipinski definition) is 1. The average Bonchev–Trinajstić information content (AvgIpc) is 2.96. The second-order valence-electron chi connectivity index (χ2n) is 3.76. The molecule has 0 aromatic carbocycles. The van der Waals surface area contributed by atoms with Gasteiger partial charge in [-0.05, 0) is 24.0 Å². The van der Waals surface area contributed by atoms with E-state index in [1.54, 1.807) is 0 Å². The van der Waals surface area contributed by atoms with Crippen molar-refractivity contribution in [2.24, 2.45) is 5.92 Å². The molecule has 0 amide bonds. The van der Waals surface area contributed by atoms with Crippen LogP contribution < -0.4 is 0 Å². The third-order valence-corrected chi connectivity index (χ3v) is 2.61. The largest absolute Gasteiger partial charge is 0.481 e. The number of pyridine rings is 1. The molecule has 0 unspecified atom stereocenters. The van der Waals surface area contributed by atoms with Gasteiger partial charge in [0, 0.05) is 6.20 Å². The third kappa shape index (κ3) is 2.00. The number of aromatic nitrogens is 1.